The van der Waals surface area contributed by atoms with Crippen molar-refractivity contribution in [3.05, 3.63) is 34.4 Å². The predicted molar refractivity (Wildman–Crippen MR) is 62.8 cm³/mol. The van der Waals surface area contributed by atoms with Crippen LogP contribution in [-0.4, -0.2) is 34.1 Å². The third-order valence-corrected chi connectivity index (χ3v) is 2.62. The van der Waals surface area contributed by atoms with Crippen molar-refractivity contribution < 1.29 is 14.5 Å². The first-order chi connectivity index (χ1) is 9.13. The Morgan fingerprint density at radius 1 is 1.42 bits per heavy atom. The molecule has 1 saturated heterocycles. The Morgan fingerprint density at radius 3 is 2.84 bits per heavy atom. The van der Waals surface area contributed by atoms with Gasteiger partial charge in [0.2, 0.25) is 5.75 Å². The van der Waals surface area contributed by atoms with Gasteiger partial charge in [-0.05, 0) is 12.5 Å². The number of amides is 1. The number of para-hydroxylation sites is 2. The summed E-state index contributed by atoms with van der Waals surface area (Å²) in [6.07, 6.45) is 1.70. The first kappa shape index (κ1) is 12.6. The Morgan fingerprint density at radius 2 is 2.16 bits per heavy atom. The molecule has 1 aliphatic heterocycles. The van der Waals surface area contributed by atoms with E-state index >= 15 is 0 Å². The summed E-state index contributed by atoms with van der Waals surface area (Å²) in [5.74, 6) is -0.137. The fourth-order valence-corrected chi connectivity index (χ4v) is 1.75. The van der Waals surface area contributed by atoms with E-state index in [1.165, 1.54) is 24.3 Å². The van der Waals surface area contributed by atoms with Crippen LogP contribution in [-0.2, 0) is 0 Å². The second-order valence-electron chi connectivity index (χ2n) is 3.79. The van der Waals surface area contributed by atoms with Crippen molar-refractivity contribution in [2.45, 2.75) is 6.42 Å². The molecule has 0 unspecified atom stereocenters. The summed E-state index contributed by atoms with van der Waals surface area (Å²) in [5, 5.41) is 21.9. The number of hydrogen-bond donors (Lipinski definition) is 0. The van der Waals surface area contributed by atoms with Gasteiger partial charge in [-0.15, -0.1) is 0 Å². The Bertz CT molecular complexity index is 554. The van der Waals surface area contributed by atoms with E-state index in [0.29, 0.717) is 19.5 Å². The van der Waals surface area contributed by atoms with Crippen LogP contribution in [0, 0.1) is 21.6 Å². The topological polar surface area (TPSA) is 99.7 Å². The molecule has 1 fully saturated rings. The van der Waals surface area contributed by atoms with E-state index in [9.17, 15) is 14.9 Å². The minimum Gasteiger partial charge on any atom is -0.402 e. The van der Waals surface area contributed by atoms with E-state index in [4.69, 9.17) is 10.00 Å². The van der Waals surface area contributed by atoms with Gasteiger partial charge < -0.3 is 4.74 Å². The number of hydrogen-bond acceptors (Lipinski definition) is 6. The number of carbonyl (C=O) groups is 1. The highest BCUT2D eigenvalue weighted by Crippen LogP contribution is 2.26. The maximum Gasteiger partial charge on any atom is 0.435 e. The lowest BCUT2D eigenvalue weighted by Crippen LogP contribution is -2.40. The van der Waals surface area contributed by atoms with E-state index in [1.807, 2.05) is 6.19 Å². The van der Waals surface area contributed by atoms with Crippen LogP contribution in [0.15, 0.2) is 24.3 Å². The van der Waals surface area contributed by atoms with Crippen LogP contribution in [0.4, 0.5) is 10.5 Å². The molecule has 1 aromatic rings. The zero-order chi connectivity index (χ0) is 13.8. The molecule has 2 rings (SSSR count). The van der Waals surface area contributed by atoms with Crippen LogP contribution < -0.4 is 4.74 Å². The van der Waals surface area contributed by atoms with Crippen molar-refractivity contribution in [3.8, 4) is 11.9 Å². The van der Waals surface area contributed by atoms with E-state index in [0.717, 1.165) is 10.0 Å². The zero-order valence-electron chi connectivity index (χ0n) is 9.85. The van der Waals surface area contributed by atoms with Crippen LogP contribution in [0.25, 0.3) is 0 Å². The molecule has 0 saturated carbocycles. The largest absolute Gasteiger partial charge is 0.435 e. The minimum absolute atomic E-state index is 0.137. The van der Waals surface area contributed by atoms with Crippen molar-refractivity contribution in [2.24, 2.45) is 0 Å². The summed E-state index contributed by atoms with van der Waals surface area (Å²) >= 11 is 0. The molecule has 1 amide bonds. The zero-order valence-corrected chi connectivity index (χ0v) is 9.85. The van der Waals surface area contributed by atoms with Crippen LogP contribution in [0.2, 0.25) is 0 Å². The highest BCUT2D eigenvalue weighted by atomic mass is 16.6. The van der Waals surface area contributed by atoms with Crippen LogP contribution in [0.3, 0.4) is 0 Å². The summed E-state index contributed by atoms with van der Waals surface area (Å²) < 4.78 is 4.98. The van der Waals surface area contributed by atoms with Crippen LogP contribution in [0.5, 0.6) is 5.75 Å². The molecular formula is C11H10N4O4. The SMILES string of the molecule is N#CN1CCCN1C(=O)Oc1ccccc1[N+](=O)[O-]. The van der Waals surface area contributed by atoms with Gasteiger partial charge in [0.25, 0.3) is 0 Å². The highest BCUT2D eigenvalue weighted by Gasteiger charge is 2.29. The number of hydrazine groups is 1. The molecular weight excluding hydrogens is 252 g/mol. The van der Waals surface area contributed by atoms with Crippen LogP contribution in [0.1, 0.15) is 6.42 Å². The predicted octanol–water partition coefficient (Wildman–Crippen LogP) is 1.50. The smallest absolute Gasteiger partial charge is 0.402 e. The molecule has 1 aliphatic rings. The standard InChI is InChI=1S/C11H10N4O4/c12-8-13-6-3-7-14(13)11(16)19-10-5-2-1-4-9(10)15(17)18/h1-2,4-5H,3,6-7H2. The van der Waals surface area contributed by atoms with Gasteiger partial charge in [-0.1, -0.05) is 12.1 Å². The van der Waals surface area contributed by atoms with E-state index in [2.05, 4.69) is 0 Å². The van der Waals surface area contributed by atoms with E-state index in [-0.39, 0.29) is 11.4 Å². The summed E-state index contributed by atoms with van der Waals surface area (Å²) in [6.45, 7) is 0.787. The molecule has 1 heterocycles. The second-order valence-corrected chi connectivity index (χ2v) is 3.79. The van der Waals surface area contributed by atoms with Gasteiger partial charge >= 0.3 is 11.8 Å². The second kappa shape index (κ2) is 5.22. The lowest BCUT2D eigenvalue weighted by Gasteiger charge is -2.21. The summed E-state index contributed by atoms with van der Waals surface area (Å²) in [7, 11) is 0. The van der Waals surface area contributed by atoms with Gasteiger partial charge in [0, 0.05) is 12.6 Å². The summed E-state index contributed by atoms with van der Waals surface area (Å²) in [6, 6.07) is 5.59. The van der Waals surface area contributed by atoms with Gasteiger partial charge in [-0.2, -0.15) is 5.26 Å². The number of nitriles is 1. The molecule has 0 N–H and O–H groups in total. The first-order valence-electron chi connectivity index (χ1n) is 5.53. The quantitative estimate of drug-likeness (QED) is 0.455. The number of nitro benzene ring substituents is 1. The number of nitro groups is 1. The molecule has 0 atom stereocenters. The van der Waals surface area contributed by atoms with E-state index < -0.39 is 11.0 Å². The van der Waals surface area contributed by atoms with Gasteiger partial charge in [0.05, 0.1) is 11.5 Å². The monoisotopic (exact) mass is 262 g/mol. The summed E-state index contributed by atoms with van der Waals surface area (Å²) in [5.41, 5.74) is -0.293. The average Bonchev–Trinajstić information content (AvgIpc) is 2.87. The molecule has 0 bridgehead atoms. The van der Waals surface area contributed by atoms with Gasteiger partial charge in [0.1, 0.15) is 0 Å². The maximum absolute atomic E-state index is 11.8. The number of rotatable bonds is 2. The average molecular weight is 262 g/mol. The Kier molecular flexibility index (Phi) is 3.47. The Balaban J connectivity index is 2.16. The van der Waals surface area contributed by atoms with Crippen LogP contribution >= 0.6 is 0 Å². The molecule has 0 radical (unpaired) electrons. The van der Waals surface area contributed by atoms with Crippen molar-refractivity contribution in [2.75, 3.05) is 13.1 Å². The van der Waals surface area contributed by atoms with Gasteiger partial charge in [-0.25, -0.2) is 14.8 Å². The third kappa shape index (κ3) is 2.55. The number of ether oxygens (including phenoxy) is 1. The molecule has 0 aromatic heterocycles. The van der Waals surface area contributed by atoms with Gasteiger partial charge in [0.15, 0.2) is 6.19 Å². The van der Waals surface area contributed by atoms with Crippen molar-refractivity contribution in [3.63, 3.8) is 0 Å². The number of carbonyl (C=O) groups excluding carboxylic acids is 1. The Hall–Kier alpha value is -2.82. The molecule has 98 valence electrons. The van der Waals surface area contributed by atoms with Gasteiger partial charge in [-0.3, -0.25) is 10.1 Å². The molecule has 8 nitrogen and oxygen atoms in total. The minimum atomic E-state index is -0.798. The number of benzene rings is 1. The number of nitrogens with zero attached hydrogens (tertiary/aromatic N) is 4. The normalized spacial score (nSPS) is 14.1. The Labute approximate surface area is 108 Å². The molecule has 8 heteroatoms. The lowest BCUT2D eigenvalue weighted by atomic mass is 10.3. The third-order valence-electron chi connectivity index (χ3n) is 2.62. The fraction of sp³-hybridized carbons (Fsp3) is 0.273. The maximum atomic E-state index is 11.8. The summed E-state index contributed by atoms with van der Waals surface area (Å²) in [4.78, 5) is 22.0. The lowest BCUT2D eigenvalue weighted by molar-refractivity contribution is -0.385. The van der Waals surface area contributed by atoms with Crippen molar-refractivity contribution >= 4 is 11.8 Å². The molecule has 1 aromatic carbocycles. The highest BCUT2D eigenvalue weighted by molar-refractivity contribution is 5.72. The first-order valence-corrected chi connectivity index (χ1v) is 5.53. The fourth-order valence-electron chi connectivity index (χ4n) is 1.75. The molecule has 0 aliphatic carbocycles. The molecule has 19 heavy (non-hydrogen) atoms. The van der Waals surface area contributed by atoms with Crippen molar-refractivity contribution in [1.29, 1.82) is 5.26 Å². The van der Waals surface area contributed by atoms with Crippen molar-refractivity contribution in [1.82, 2.24) is 10.0 Å². The molecule has 0 spiro atoms. The van der Waals surface area contributed by atoms with E-state index in [1.54, 1.807) is 0 Å².